The molecule has 0 spiro atoms. The Morgan fingerprint density at radius 2 is 1.65 bits per heavy atom. The molecule has 1 aromatic heterocycles. The van der Waals surface area contributed by atoms with E-state index in [4.69, 9.17) is 0 Å². The van der Waals surface area contributed by atoms with Gasteiger partial charge in [-0.25, -0.2) is 4.98 Å². The molecule has 2 aromatic rings. The van der Waals surface area contributed by atoms with Gasteiger partial charge >= 0.3 is 0 Å². The quantitative estimate of drug-likeness (QED) is 0.809. The molecule has 0 bridgehead atoms. The lowest BCUT2D eigenvalue weighted by Gasteiger charge is -2.10. The maximum Gasteiger partial charge on any atom is 0.147 e. The minimum Gasteiger partial charge on any atom is -0.369 e. The molecule has 0 amide bonds. The topological polar surface area (TPSA) is 49.8 Å². The second kappa shape index (κ2) is 7.48. The van der Waals surface area contributed by atoms with E-state index in [2.05, 4.69) is 58.7 Å². The molecule has 20 heavy (non-hydrogen) atoms. The zero-order valence-corrected chi connectivity index (χ0v) is 12.2. The Morgan fingerprint density at radius 3 is 2.35 bits per heavy atom. The molecule has 2 rings (SSSR count). The van der Waals surface area contributed by atoms with Crippen LogP contribution in [0.25, 0.3) is 0 Å². The van der Waals surface area contributed by atoms with Crippen LogP contribution in [0.1, 0.15) is 31.4 Å². The second-order valence-corrected chi connectivity index (χ2v) is 4.69. The van der Waals surface area contributed by atoms with Gasteiger partial charge in [0.1, 0.15) is 11.6 Å². The summed E-state index contributed by atoms with van der Waals surface area (Å²) in [5, 5.41) is 6.58. The predicted octanol–water partition coefficient (Wildman–Crippen LogP) is 3.47. The molecule has 1 aromatic carbocycles. The van der Waals surface area contributed by atoms with E-state index in [1.807, 2.05) is 0 Å². The lowest BCUT2D eigenvalue weighted by atomic mass is 10.1. The first-order valence-electron chi connectivity index (χ1n) is 7.20. The summed E-state index contributed by atoms with van der Waals surface area (Å²) in [5.74, 6) is 1.62. The van der Waals surface area contributed by atoms with Crippen molar-refractivity contribution in [2.45, 2.75) is 33.2 Å². The molecule has 0 saturated carbocycles. The van der Waals surface area contributed by atoms with E-state index in [1.54, 1.807) is 12.4 Å². The second-order valence-electron chi connectivity index (χ2n) is 4.69. The van der Waals surface area contributed by atoms with E-state index < -0.39 is 0 Å². The van der Waals surface area contributed by atoms with Gasteiger partial charge in [-0.3, -0.25) is 4.98 Å². The number of nitrogens with zero attached hydrogens (tertiary/aromatic N) is 2. The maximum absolute atomic E-state index is 4.50. The Bertz CT molecular complexity index is 540. The van der Waals surface area contributed by atoms with Crippen LogP contribution in [0, 0.1) is 0 Å². The van der Waals surface area contributed by atoms with Crippen LogP contribution in [-0.2, 0) is 13.0 Å². The average Bonchev–Trinajstić information content (AvgIpc) is 2.51. The van der Waals surface area contributed by atoms with E-state index in [1.165, 1.54) is 11.1 Å². The van der Waals surface area contributed by atoms with Crippen molar-refractivity contribution in [2.75, 3.05) is 17.2 Å². The fourth-order valence-electron chi connectivity index (χ4n) is 2.05. The molecule has 0 aliphatic rings. The number of rotatable bonds is 7. The zero-order valence-electron chi connectivity index (χ0n) is 12.2. The Balaban J connectivity index is 1.99. The largest absolute Gasteiger partial charge is 0.369 e. The van der Waals surface area contributed by atoms with Gasteiger partial charge in [0.2, 0.25) is 0 Å². The highest BCUT2D eigenvalue weighted by Crippen LogP contribution is 2.12. The fourth-order valence-corrected chi connectivity index (χ4v) is 2.05. The molecular formula is C16H22N4. The minimum atomic E-state index is 0.774. The van der Waals surface area contributed by atoms with Crippen LogP contribution in [0.4, 0.5) is 11.6 Å². The first-order valence-corrected chi connectivity index (χ1v) is 7.20. The van der Waals surface area contributed by atoms with Crippen molar-refractivity contribution >= 4 is 11.6 Å². The summed E-state index contributed by atoms with van der Waals surface area (Å²) >= 11 is 0. The molecule has 0 aliphatic heterocycles. The predicted molar refractivity (Wildman–Crippen MR) is 84.0 cm³/mol. The normalized spacial score (nSPS) is 10.3. The van der Waals surface area contributed by atoms with Crippen LogP contribution in [0.15, 0.2) is 36.7 Å². The number of aromatic nitrogens is 2. The van der Waals surface area contributed by atoms with E-state index >= 15 is 0 Å². The van der Waals surface area contributed by atoms with Gasteiger partial charge < -0.3 is 10.6 Å². The van der Waals surface area contributed by atoms with Gasteiger partial charge in [-0.2, -0.15) is 0 Å². The summed E-state index contributed by atoms with van der Waals surface area (Å²) in [7, 11) is 0. The Hall–Kier alpha value is -2.10. The third-order valence-corrected chi connectivity index (χ3v) is 3.15. The van der Waals surface area contributed by atoms with Crippen LogP contribution in [-0.4, -0.2) is 16.5 Å². The average molecular weight is 270 g/mol. The van der Waals surface area contributed by atoms with Crippen LogP contribution >= 0.6 is 0 Å². The molecule has 0 fully saturated rings. The molecule has 1 heterocycles. The number of hydrogen-bond donors (Lipinski definition) is 2. The van der Waals surface area contributed by atoms with E-state index in [0.717, 1.165) is 37.6 Å². The summed E-state index contributed by atoms with van der Waals surface area (Å²) in [6.45, 7) is 5.99. The SMILES string of the molecule is CCCNc1cncc(NCc2ccccc2CC)n1. The van der Waals surface area contributed by atoms with E-state index in [0.29, 0.717) is 0 Å². The third-order valence-electron chi connectivity index (χ3n) is 3.15. The van der Waals surface area contributed by atoms with Crippen LogP contribution in [0.2, 0.25) is 0 Å². The molecule has 0 atom stereocenters. The highest BCUT2D eigenvalue weighted by molar-refractivity contribution is 5.42. The summed E-state index contributed by atoms with van der Waals surface area (Å²) in [6, 6.07) is 8.47. The molecule has 2 N–H and O–H groups in total. The Labute approximate surface area is 120 Å². The molecule has 0 saturated heterocycles. The smallest absolute Gasteiger partial charge is 0.147 e. The zero-order chi connectivity index (χ0) is 14.2. The van der Waals surface area contributed by atoms with Crippen molar-refractivity contribution in [3.8, 4) is 0 Å². The van der Waals surface area contributed by atoms with E-state index in [9.17, 15) is 0 Å². The Morgan fingerprint density at radius 1 is 0.950 bits per heavy atom. The molecule has 4 heteroatoms. The lowest BCUT2D eigenvalue weighted by molar-refractivity contribution is 0.961. The molecule has 4 nitrogen and oxygen atoms in total. The molecule has 0 unspecified atom stereocenters. The van der Waals surface area contributed by atoms with Crippen molar-refractivity contribution in [1.82, 2.24) is 9.97 Å². The third kappa shape index (κ3) is 3.95. The number of nitrogens with one attached hydrogen (secondary N) is 2. The van der Waals surface area contributed by atoms with Crippen molar-refractivity contribution in [3.05, 3.63) is 47.8 Å². The van der Waals surface area contributed by atoms with Gasteiger partial charge in [0, 0.05) is 13.1 Å². The van der Waals surface area contributed by atoms with Gasteiger partial charge in [0.25, 0.3) is 0 Å². The van der Waals surface area contributed by atoms with Crippen LogP contribution in [0.5, 0.6) is 0 Å². The van der Waals surface area contributed by atoms with E-state index in [-0.39, 0.29) is 0 Å². The van der Waals surface area contributed by atoms with Gasteiger partial charge in [-0.15, -0.1) is 0 Å². The molecule has 106 valence electrons. The first kappa shape index (κ1) is 14.3. The maximum atomic E-state index is 4.50. The minimum absolute atomic E-state index is 0.774. The molecule has 0 aliphatic carbocycles. The summed E-state index contributed by atoms with van der Waals surface area (Å²) < 4.78 is 0. The highest BCUT2D eigenvalue weighted by Gasteiger charge is 2.01. The first-order chi connectivity index (χ1) is 9.83. The summed E-state index contributed by atoms with van der Waals surface area (Å²) in [6.07, 6.45) is 5.62. The van der Waals surface area contributed by atoms with Crippen LogP contribution < -0.4 is 10.6 Å². The summed E-state index contributed by atoms with van der Waals surface area (Å²) in [5.41, 5.74) is 2.68. The summed E-state index contributed by atoms with van der Waals surface area (Å²) in [4.78, 5) is 8.70. The number of aryl methyl sites for hydroxylation is 1. The molecular weight excluding hydrogens is 248 g/mol. The highest BCUT2D eigenvalue weighted by atomic mass is 15.1. The standard InChI is InChI=1S/C16H22N4/c1-3-9-18-15-11-17-12-16(20-15)19-10-14-8-6-5-7-13(14)4-2/h5-8,11-12H,3-4,9-10H2,1-2H3,(H2,18,19,20). The van der Waals surface area contributed by atoms with Crippen molar-refractivity contribution in [2.24, 2.45) is 0 Å². The number of hydrogen-bond acceptors (Lipinski definition) is 4. The van der Waals surface area contributed by atoms with Gasteiger partial charge in [0.05, 0.1) is 12.4 Å². The lowest BCUT2D eigenvalue weighted by Crippen LogP contribution is -2.07. The fraction of sp³-hybridized carbons (Fsp3) is 0.375. The number of benzene rings is 1. The van der Waals surface area contributed by atoms with Crippen molar-refractivity contribution < 1.29 is 0 Å². The van der Waals surface area contributed by atoms with Gasteiger partial charge in [-0.1, -0.05) is 38.1 Å². The van der Waals surface area contributed by atoms with Crippen molar-refractivity contribution in [3.63, 3.8) is 0 Å². The van der Waals surface area contributed by atoms with Gasteiger partial charge in [-0.05, 0) is 24.0 Å². The Kier molecular flexibility index (Phi) is 5.35. The van der Waals surface area contributed by atoms with Crippen LogP contribution in [0.3, 0.4) is 0 Å². The molecule has 0 radical (unpaired) electrons. The number of anilines is 2. The van der Waals surface area contributed by atoms with Gasteiger partial charge in [0.15, 0.2) is 0 Å². The monoisotopic (exact) mass is 270 g/mol. The van der Waals surface area contributed by atoms with Crippen molar-refractivity contribution in [1.29, 1.82) is 0 Å².